The van der Waals surface area contributed by atoms with E-state index in [2.05, 4.69) is 20.3 Å². The molecule has 0 aliphatic rings. The highest BCUT2D eigenvalue weighted by molar-refractivity contribution is 5.35. The molecule has 3 aromatic rings. The van der Waals surface area contributed by atoms with E-state index in [0.29, 0.717) is 5.82 Å². The van der Waals surface area contributed by atoms with Gasteiger partial charge in [0.2, 0.25) is 0 Å². The van der Waals surface area contributed by atoms with Crippen LogP contribution in [-0.2, 0) is 0 Å². The lowest BCUT2D eigenvalue weighted by molar-refractivity contribution is 0.451. The zero-order valence-corrected chi connectivity index (χ0v) is 15.4. The fourth-order valence-electron chi connectivity index (χ4n) is 1.89. The maximum Gasteiger partial charge on any atom is 0.250 e. The van der Waals surface area contributed by atoms with E-state index in [4.69, 9.17) is 10.8 Å². The van der Waals surface area contributed by atoms with Crippen molar-refractivity contribution in [2.24, 2.45) is 0 Å². The van der Waals surface area contributed by atoms with E-state index < -0.39 is 0 Å². The number of H-pyrrole nitrogens is 1. The second-order valence-corrected chi connectivity index (χ2v) is 5.63. The van der Waals surface area contributed by atoms with Crippen molar-refractivity contribution >= 4 is 11.6 Å². The maximum absolute atomic E-state index is 10.5. The van der Waals surface area contributed by atoms with Crippen LogP contribution in [0.5, 0.6) is 5.88 Å². The number of aromatic amines is 1. The molecule has 0 radical (unpaired) electrons. The molecule has 0 spiro atoms. The number of nitrogens with zero attached hydrogens (tertiary/aromatic N) is 2. The second kappa shape index (κ2) is 10.5. The van der Waals surface area contributed by atoms with Gasteiger partial charge in [-0.05, 0) is 61.7 Å². The molecule has 0 atom stereocenters. The summed E-state index contributed by atoms with van der Waals surface area (Å²) in [4.78, 5) is 20.6. The predicted molar refractivity (Wildman–Crippen MR) is 105 cm³/mol. The van der Waals surface area contributed by atoms with Crippen LogP contribution in [0.25, 0.3) is 0 Å². The Morgan fingerprint density at radius 1 is 0.962 bits per heavy atom. The third-order valence-corrected chi connectivity index (χ3v) is 3.08. The van der Waals surface area contributed by atoms with E-state index >= 15 is 0 Å². The minimum atomic E-state index is -0.271. The van der Waals surface area contributed by atoms with Gasteiger partial charge in [-0.1, -0.05) is 0 Å². The van der Waals surface area contributed by atoms with E-state index in [1.54, 1.807) is 19.3 Å². The number of rotatable bonds is 1. The van der Waals surface area contributed by atoms with Crippen molar-refractivity contribution in [3.63, 3.8) is 0 Å². The van der Waals surface area contributed by atoms with Crippen molar-refractivity contribution in [3.8, 4) is 5.88 Å². The summed E-state index contributed by atoms with van der Waals surface area (Å²) in [7, 11) is 1.86. The summed E-state index contributed by atoms with van der Waals surface area (Å²) >= 11 is 0. The Hall–Kier alpha value is -3.35. The minimum absolute atomic E-state index is 0.0833. The monoisotopic (exact) mass is 355 g/mol. The van der Waals surface area contributed by atoms with Crippen molar-refractivity contribution < 1.29 is 5.11 Å². The highest BCUT2D eigenvalue weighted by Gasteiger charge is 1.89. The zero-order chi connectivity index (χ0) is 19.5. The van der Waals surface area contributed by atoms with Crippen molar-refractivity contribution in [1.29, 1.82) is 0 Å². The van der Waals surface area contributed by atoms with Gasteiger partial charge in [-0.25, -0.2) is 9.97 Å². The zero-order valence-electron chi connectivity index (χ0n) is 15.4. The SMILES string of the molecule is CNc1cc(C)ccn1.Cc1cc(O)[nH]c(=O)c1.Cc1ccnc(N)c1. The maximum atomic E-state index is 10.5. The Morgan fingerprint density at radius 2 is 1.58 bits per heavy atom. The number of pyridine rings is 3. The molecule has 0 saturated heterocycles. The molecule has 26 heavy (non-hydrogen) atoms. The van der Waals surface area contributed by atoms with E-state index in [9.17, 15) is 4.79 Å². The molecule has 0 aliphatic carbocycles. The third-order valence-electron chi connectivity index (χ3n) is 3.08. The van der Waals surface area contributed by atoms with Gasteiger partial charge in [-0.3, -0.25) is 9.78 Å². The number of nitrogens with one attached hydrogen (secondary N) is 2. The highest BCUT2D eigenvalue weighted by Crippen LogP contribution is 2.03. The number of anilines is 2. The van der Waals surface area contributed by atoms with Crippen LogP contribution in [0.15, 0.2) is 53.6 Å². The van der Waals surface area contributed by atoms with Gasteiger partial charge in [-0.15, -0.1) is 0 Å². The molecule has 3 rings (SSSR count). The van der Waals surface area contributed by atoms with Crippen LogP contribution < -0.4 is 16.6 Å². The topological polar surface area (TPSA) is 117 Å². The molecule has 7 heteroatoms. The van der Waals surface area contributed by atoms with Crippen LogP contribution in [0.3, 0.4) is 0 Å². The van der Waals surface area contributed by atoms with Crippen LogP contribution in [0.1, 0.15) is 16.7 Å². The van der Waals surface area contributed by atoms with Gasteiger partial charge in [0.15, 0.2) is 5.88 Å². The van der Waals surface area contributed by atoms with Gasteiger partial charge >= 0.3 is 0 Å². The molecule has 3 aromatic heterocycles. The molecule has 138 valence electrons. The fraction of sp³-hybridized carbons (Fsp3) is 0.211. The van der Waals surface area contributed by atoms with Crippen LogP contribution in [-0.4, -0.2) is 27.1 Å². The molecule has 0 aliphatic heterocycles. The van der Waals surface area contributed by atoms with Gasteiger partial charge in [0, 0.05) is 31.6 Å². The molecule has 0 aromatic carbocycles. The molecule has 7 nitrogen and oxygen atoms in total. The number of aryl methyl sites for hydroxylation is 3. The summed E-state index contributed by atoms with van der Waals surface area (Å²) in [5.41, 5.74) is 8.22. The number of aromatic nitrogens is 3. The summed E-state index contributed by atoms with van der Waals surface area (Å²) < 4.78 is 0. The van der Waals surface area contributed by atoms with Gasteiger partial charge in [0.25, 0.3) is 5.56 Å². The summed E-state index contributed by atoms with van der Waals surface area (Å²) in [6.45, 7) is 5.77. The lowest BCUT2D eigenvalue weighted by Crippen LogP contribution is -2.02. The Balaban J connectivity index is 0.000000195. The molecule has 0 amide bonds. The minimum Gasteiger partial charge on any atom is -0.495 e. The standard InChI is InChI=1S/C7H10N2.C6H8N2.C6H7NO2/c1-6-3-4-9-7(5-6)8-2;1-5-2-3-8-6(7)4-5;1-4-2-5(8)7-6(9)3-4/h3-5H,1-2H3,(H,8,9);2-4H,1H3,(H2,7,8);2-3H,1H3,(H2,7,8,9). The molecule has 0 unspecified atom stereocenters. The molecule has 0 saturated carbocycles. The lowest BCUT2D eigenvalue weighted by Gasteiger charge is -1.96. The predicted octanol–water partition coefficient (Wildman–Crippen LogP) is 2.79. The van der Waals surface area contributed by atoms with E-state index in [0.717, 1.165) is 16.9 Å². The summed E-state index contributed by atoms with van der Waals surface area (Å²) in [5.74, 6) is 1.43. The first-order chi connectivity index (χ1) is 12.3. The van der Waals surface area contributed by atoms with Crippen LogP contribution in [0.2, 0.25) is 0 Å². The van der Waals surface area contributed by atoms with Gasteiger partial charge in [-0.2, -0.15) is 0 Å². The first kappa shape index (κ1) is 20.7. The summed E-state index contributed by atoms with van der Waals surface area (Å²) in [5, 5.41) is 11.7. The van der Waals surface area contributed by atoms with Gasteiger partial charge in [0.1, 0.15) is 11.6 Å². The molecule has 0 bridgehead atoms. The van der Waals surface area contributed by atoms with Gasteiger partial charge in [0.05, 0.1) is 0 Å². The second-order valence-electron chi connectivity index (χ2n) is 5.63. The Kier molecular flexibility index (Phi) is 8.36. The molecular formula is C19H25N5O2. The van der Waals surface area contributed by atoms with E-state index in [1.807, 2.05) is 45.2 Å². The number of aromatic hydroxyl groups is 1. The van der Waals surface area contributed by atoms with Crippen LogP contribution in [0.4, 0.5) is 11.6 Å². The van der Waals surface area contributed by atoms with Crippen molar-refractivity contribution in [2.75, 3.05) is 18.1 Å². The molecule has 3 heterocycles. The lowest BCUT2D eigenvalue weighted by atomic mass is 10.3. The number of hydrogen-bond acceptors (Lipinski definition) is 6. The molecular weight excluding hydrogens is 330 g/mol. The van der Waals surface area contributed by atoms with Crippen molar-refractivity contribution in [1.82, 2.24) is 15.0 Å². The Labute approximate surface area is 153 Å². The smallest absolute Gasteiger partial charge is 0.250 e. The van der Waals surface area contributed by atoms with E-state index in [-0.39, 0.29) is 11.4 Å². The molecule has 0 fully saturated rings. The van der Waals surface area contributed by atoms with Gasteiger partial charge < -0.3 is 16.2 Å². The number of hydrogen-bond donors (Lipinski definition) is 4. The normalized spacial score (nSPS) is 9.23. The van der Waals surface area contributed by atoms with E-state index in [1.165, 1.54) is 17.7 Å². The number of nitrogens with two attached hydrogens (primary N) is 1. The van der Waals surface area contributed by atoms with Crippen molar-refractivity contribution in [2.45, 2.75) is 20.8 Å². The average Bonchev–Trinajstić information content (AvgIpc) is 2.54. The average molecular weight is 355 g/mol. The third kappa shape index (κ3) is 8.49. The fourth-order valence-corrected chi connectivity index (χ4v) is 1.89. The number of nitrogen functional groups attached to an aromatic ring is 1. The Morgan fingerprint density at radius 3 is 1.96 bits per heavy atom. The van der Waals surface area contributed by atoms with Crippen LogP contribution in [0, 0.1) is 20.8 Å². The largest absolute Gasteiger partial charge is 0.495 e. The highest BCUT2D eigenvalue weighted by atomic mass is 16.3. The van der Waals surface area contributed by atoms with Crippen LogP contribution >= 0.6 is 0 Å². The summed E-state index contributed by atoms with van der Waals surface area (Å²) in [6.07, 6.45) is 3.49. The first-order valence-corrected chi connectivity index (χ1v) is 7.98. The summed E-state index contributed by atoms with van der Waals surface area (Å²) in [6, 6.07) is 10.6. The molecule has 5 N–H and O–H groups in total. The Bertz CT molecular complexity index is 837. The first-order valence-electron chi connectivity index (χ1n) is 7.98. The van der Waals surface area contributed by atoms with Crippen molar-refractivity contribution in [3.05, 3.63) is 75.8 Å². The quantitative estimate of drug-likeness (QED) is 0.533.